The van der Waals surface area contributed by atoms with Crippen molar-refractivity contribution in [2.45, 2.75) is 11.8 Å². The van der Waals surface area contributed by atoms with E-state index >= 15 is 0 Å². The van der Waals surface area contributed by atoms with Crippen molar-refractivity contribution < 1.29 is 23.4 Å². The summed E-state index contributed by atoms with van der Waals surface area (Å²) in [6.07, 6.45) is 0. The summed E-state index contributed by atoms with van der Waals surface area (Å²) >= 11 is 0. The zero-order chi connectivity index (χ0) is 14.5. The van der Waals surface area contributed by atoms with Crippen LogP contribution in [-0.2, 0) is 20.6 Å². The largest absolute Gasteiger partial charge is 0.480 e. The number of benzene rings is 1. The number of sulfonamides is 1. The molecular formula is C11H12N2O5S. The fraction of sp³-hybridized carbons (Fsp3) is 0.273. The molecule has 1 atom stereocenters. The highest BCUT2D eigenvalue weighted by molar-refractivity contribution is 7.88. The van der Waals surface area contributed by atoms with E-state index in [0.29, 0.717) is 0 Å². The number of nitriles is 1. The topological polar surface area (TPSA) is 127 Å². The highest BCUT2D eigenvalue weighted by Gasteiger charge is 2.24. The molecule has 0 aromatic heterocycles. The summed E-state index contributed by atoms with van der Waals surface area (Å²) in [7, 11) is -3.97. The summed E-state index contributed by atoms with van der Waals surface area (Å²) in [5.41, 5.74) is 0.461. The molecule has 102 valence electrons. The van der Waals surface area contributed by atoms with Gasteiger partial charge in [0.2, 0.25) is 10.0 Å². The highest BCUT2D eigenvalue weighted by atomic mass is 32.2. The fourth-order valence-electron chi connectivity index (χ4n) is 1.38. The molecule has 0 saturated heterocycles. The third-order valence-corrected chi connectivity index (χ3v) is 3.62. The van der Waals surface area contributed by atoms with Gasteiger partial charge in [0.05, 0.1) is 24.0 Å². The lowest BCUT2D eigenvalue weighted by atomic mass is 10.1. The van der Waals surface area contributed by atoms with Gasteiger partial charge in [-0.3, -0.25) is 4.79 Å². The molecule has 0 fully saturated rings. The van der Waals surface area contributed by atoms with Crippen LogP contribution in [0, 0.1) is 11.3 Å². The number of carboxylic acids is 1. The van der Waals surface area contributed by atoms with Crippen molar-refractivity contribution in [1.29, 1.82) is 5.26 Å². The van der Waals surface area contributed by atoms with Gasteiger partial charge < -0.3 is 10.2 Å². The standard InChI is InChI=1S/C11H12N2O5S/c12-5-8-3-1-2-4-9(8)7-19(17,18)13-10(6-14)11(15)16/h1-4,10,13-14H,6-7H2,(H,15,16)/t10-/m1/s1. The summed E-state index contributed by atoms with van der Waals surface area (Å²) in [6, 6.07) is 6.35. The van der Waals surface area contributed by atoms with Gasteiger partial charge >= 0.3 is 5.97 Å². The van der Waals surface area contributed by atoms with Crippen molar-refractivity contribution in [3.8, 4) is 6.07 Å². The Bertz CT molecular complexity index is 606. The second-order valence-corrected chi connectivity index (χ2v) is 5.47. The van der Waals surface area contributed by atoms with Crippen molar-refractivity contribution >= 4 is 16.0 Å². The number of nitrogens with zero attached hydrogens (tertiary/aromatic N) is 1. The lowest BCUT2D eigenvalue weighted by Gasteiger charge is -2.12. The first kappa shape index (κ1) is 15.1. The van der Waals surface area contributed by atoms with E-state index in [-0.39, 0.29) is 11.1 Å². The first-order valence-corrected chi connectivity index (χ1v) is 6.86. The van der Waals surface area contributed by atoms with E-state index in [9.17, 15) is 13.2 Å². The molecule has 8 heteroatoms. The van der Waals surface area contributed by atoms with E-state index in [1.54, 1.807) is 12.1 Å². The number of nitrogens with one attached hydrogen (secondary N) is 1. The van der Waals surface area contributed by atoms with Crippen LogP contribution in [0.15, 0.2) is 24.3 Å². The summed E-state index contributed by atoms with van der Waals surface area (Å²) in [6.45, 7) is -0.853. The number of carbonyl (C=O) groups is 1. The van der Waals surface area contributed by atoms with Gasteiger partial charge in [-0.1, -0.05) is 18.2 Å². The summed E-state index contributed by atoms with van der Waals surface area (Å²) < 4.78 is 25.3. The van der Waals surface area contributed by atoms with E-state index in [1.165, 1.54) is 12.1 Å². The Balaban J connectivity index is 2.92. The predicted molar refractivity (Wildman–Crippen MR) is 65.4 cm³/mol. The first-order valence-electron chi connectivity index (χ1n) is 5.21. The molecule has 7 nitrogen and oxygen atoms in total. The van der Waals surface area contributed by atoms with Crippen molar-refractivity contribution in [1.82, 2.24) is 4.72 Å². The number of aliphatic hydroxyl groups excluding tert-OH is 1. The molecule has 1 aromatic carbocycles. The van der Waals surface area contributed by atoms with Crippen molar-refractivity contribution in [2.24, 2.45) is 0 Å². The zero-order valence-corrected chi connectivity index (χ0v) is 10.6. The molecule has 1 rings (SSSR count). The van der Waals surface area contributed by atoms with Crippen LogP contribution in [0.1, 0.15) is 11.1 Å². The van der Waals surface area contributed by atoms with Crippen LogP contribution in [0.4, 0.5) is 0 Å². The summed E-state index contributed by atoms with van der Waals surface area (Å²) in [5, 5.41) is 26.3. The number of rotatable bonds is 6. The molecule has 0 spiro atoms. The number of aliphatic hydroxyl groups is 1. The molecular weight excluding hydrogens is 272 g/mol. The van der Waals surface area contributed by atoms with Gasteiger partial charge in [0.15, 0.2) is 0 Å². The Hall–Kier alpha value is -1.95. The Kier molecular flexibility index (Phi) is 5.00. The van der Waals surface area contributed by atoms with Crippen LogP contribution < -0.4 is 4.72 Å². The zero-order valence-electron chi connectivity index (χ0n) is 9.78. The van der Waals surface area contributed by atoms with E-state index in [1.807, 2.05) is 10.8 Å². The number of aliphatic carboxylic acids is 1. The normalized spacial score (nSPS) is 12.6. The third-order valence-electron chi connectivity index (χ3n) is 2.29. The predicted octanol–water partition coefficient (Wildman–Crippen LogP) is -0.577. The van der Waals surface area contributed by atoms with E-state index in [2.05, 4.69) is 0 Å². The minimum Gasteiger partial charge on any atom is -0.480 e. The second kappa shape index (κ2) is 6.29. The van der Waals surface area contributed by atoms with Gasteiger partial charge in [0.1, 0.15) is 6.04 Å². The van der Waals surface area contributed by atoms with Crippen LogP contribution in [0.2, 0.25) is 0 Å². The highest BCUT2D eigenvalue weighted by Crippen LogP contribution is 2.11. The SMILES string of the molecule is N#Cc1ccccc1CS(=O)(=O)N[C@H](CO)C(=O)O. The Labute approximate surface area is 110 Å². The van der Waals surface area contributed by atoms with E-state index in [4.69, 9.17) is 15.5 Å². The molecule has 0 bridgehead atoms. The quantitative estimate of drug-likeness (QED) is 0.641. The lowest BCUT2D eigenvalue weighted by molar-refractivity contribution is -0.139. The van der Waals surface area contributed by atoms with E-state index < -0.39 is 34.4 Å². The average molecular weight is 284 g/mol. The Morgan fingerprint density at radius 1 is 1.42 bits per heavy atom. The molecule has 0 unspecified atom stereocenters. The van der Waals surface area contributed by atoms with Crippen LogP contribution in [0.3, 0.4) is 0 Å². The second-order valence-electron chi connectivity index (χ2n) is 3.72. The number of carboxylic acid groups (broad SMARTS) is 1. The summed E-state index contributed by atoms with van der Waals surface area (Å²) in [5.74, 6) is -2.00. The molecule has 1 aromatic rings. The fourth-order valence-corrected chi connectivity index (χ4v) is 2.74. The van der Waals surface area contributed by atoms with Crippen LogP contribution in [0.25, 0.3) is 0 Å². The maximum atomic E-state index is 11.7. The molecule has 0 aliphatic heterocycles. The molecule has 0 saturated carbocycles. The van der Waals surface area contributed by atoms with Gasteiger partial charge in [-0.15, -0.1) is 0 Å². The summed E-state index contributed by atoms with van der Waals surface area (Å²) in [4.78, 5) is 10.6. The van der Waals surface area contributed by atoms with Crippen molar-refractivity contribution in [3.63, 3.8) is 0 Å². The first-order chi connectivity index (χ1) is 8.89. The minimum atomic E-state index is -3.97. The van der Waals surface area contributed by atoms with Crippen molar-refractivity contribution in [3.05, 3.63) is 35.4 Å². The molecule has 0 amide bonds. The van der Waals surface area contributed by atoms with Crippen LogP contribution in [-0.4, -0.2) is 37.2 Å². The monoisotopic (exact) mass is 284 g/mol. The van der Waals surface area contributed by atoms with Gasteiger partial charge in [-0.05, 0) is 11.6 Å². The molecule has 0 radical (unpaired) electrons. The van der Waals surface area contributed by atoms with Crippen molar-refractivity contribution in [2.75, 3.05) is 6.61 Å². The third kappa shape index (κ3) is 4.33. The van der Waals surface area contributed by atoms with Gasteiger partial charge in [0.25, 0.3) is 0 Å². The maximum absolute atomic E-state index is 11.7. The molecule has 0 heterocycles. The lowest BCUT2D eigenvalue weighted by Crippen LogP contribution is -2.43. The molecule has 19 heavy (non-hydrogen) atoms. The maximum Gasteiger partial charge on any atom is 0.324 e. The Morgan fingerprint density at radius 3 is 2.58 bits per heavy atom. The van der Waals surface area contributed by atoms with Crippen LogP contribution in [0.5, 0.6) is 0 Å². The Morgan fingerprint density at radius 2 is 2.05 bits per heavy atom. The number of hydrogen-bond acceptors (Lipinski definition) is 5. The average Bonchev–Trinajstić information content (AvgIpc) is 2.36. The molecule has 3 N–H and O–H groups in total. The number of hydrogen-bond donors (Lipinski definition) is 3. The smallest absolute Gasteiger partial charge is 0.324 e. The van der Waals surface area contributed by atoms with Crippen LogP contribution >= 0.6 is 0 Å². The van der Waals surface area contributed by atoms with Gasteiger partial charge in [-0.2, -0.15) is 9.98 Å². The molecule has 0 aliphatic rings. The van der Waals surface area contributed by atoms with Gasteiger partial charge in [-0.25, -0.2) is 8.42 Å². The minimum absolute atomic E-state index is 0.198. The van der Waals surface area contributed by atoms with E-state index in [0.717, 1.165) is 0 Å². The molecule has 0 aliphatic carbocycles. The van der Waals surface area contributed by atoms with Gasteiger partial charge in [0, 0.05) is 0 Å².